The highest BCUT2D eigenvalue weighted by Crippen LogP contribution is 2.09. The second-order valence-corrected chi connectivity index (χ2v) is 4.56. The van der Waals surface area contributed by atoms with E-state index in [9.17, 15) is 4.79 Å². The molecule has 0 N–H and O–H groups in total. The zero-order chi connectivity index (χ0) is 11.4. The minimum absolute atomic E-state index is 0.00527. The van der Waals surface area contributed by atoms with Crippen LogP contribution in [0.15, 0.2) is 42.9 Å². The van der Waals surface area contributed by atoms with Crippen LogP contribution in [0.3, 0.4) is 0 Å². The van der Waals surface area contributed by atoms with E-state index in [4.69, 9.17) is 0 Å². The summed E-state index contributed by atoms with van der Waals surface area (Å²) in [6, 6.07) is 7.88. The second kappa shape index (κ2) is 5.16. The van der Waals surface area contributed by atoms with Crippen molar-refractivity contribution in [2.75, 3.05) is 0 Å². The van der Waals surface area contributed by atoms with Crippen molar-refractivity contribution in [3.63, 3.8) is 0 Å². The minimum atomic E-state index is -0.00527. The van der Waals surface area contributed by atoms with Crippen LogP contribution in [-0.4, -0.2) is 15.8 Å². The van der Waals surface area contributed by atoms with Crippen LogP contribution in [0.1, 0.15) is 16.1 Å². The van der Waals surface area contributed by atoms with E-state index >= 15 is 0 Å². The Bertz CT molecular complexity index is 482. The number of ketones is 1. The third-order valence-corrected chi connectivity index (χ3v) is 2.85. The Balaban J connectivity index is 2.11. The molecular formula is C12H9IN2O. The lowest BCUT2D eigenvalue weighted by atomic mass is 10.1. The Kier molecular flexibility index (Phi) is 3.61. The van der Waals surface area contributed by atoms with Crippen molar-refractivity contribution in [3.8, 4) is 0 Å². The molecule has 1 aromatic heterocycles. The van der Waals surface area contributed by atoms with Gasteiger partial charge in [-0.05, 0) is 40.3 Å². The Morgan fingerprint density at radius 3 is 2.56 bits per heavy atom. The van der Waals surface area contributed by atoms with E-state index in [2.05, 4.69) is 32.6 Å². The molecule has 1 aromatic carbocycles. The highest BCUT2D eigenvalue weighted by molar-refractivity contribution is 14.1. The molecule has 4 heteroatoms. The van der Waals surface area contributed by atoms with Crippen molar-refractivity contribution in [2.24, 2.45) is 0 Å². The molecule has 0 saturated heterocycles. The summed E-state index contributed by atoms with van der Waals surface area (Å²) in [6.07, 6.45) is 4.95. The van der Waals surface area contributed by atoms with E-state index in [0.717, 1.165) is 9.13 Å². The fraction of sp³-hybridized carbons (Fsp3) is 0.0833. The summed E-state index contributed by atoms with van der Waals surface area (Å²) in [6.45, 7) is 0. The Morgan fingerprint density at radius 1 is 1.19 bits per heavy atom. The molecule has 0 fully saturated rings. The second-order valence-electron chi connectivity index (χ2n) is 3.32. The first-order chi connectivity index (χ1) is 7.75. The molecule has 0 bridgehead atoms. The molecule has 0 amide bonds. The van der Waals surface area contributed by atoms with Crippen LogP contribution < -0.4 is 0 Å². The molecule has 3 nitrogen and oxygen atoms in total. The molecule has 0 unspecified atom stereocenters. The van der Waals surface area contributed by atoms with Gasteiger partial charge in [0.2, 0.25) is 0 Å². The molecule has 0 radical (unpaired) electrons. The predicted octanol–water partition coefficient (Wildman–Crippen LogP) is 2.51. The Hall–Kier alpha value is -1.30. The van der Waals surface area contributed by atoms with Gasteiger partial charge in [-0.2, -0.15) is 0 Å². The van der Waals surface area contributed by atoms with Crippen LogP contribution in [0.4, 0.5) is 0 Å². The third kappa shape index (κ3) is 2.85. The fourth-order valence-electron chi connectivity index (χ4n) is 1.32. The minimum Gasteiger partial charge on any atom is -0.292 e. The van der Waals surface area contributed by atoms with Gasteiger partial charge in [0.05, 0.1) is 6.20 Å². The van der Waals surface area contributed by atoms with Crippen molar-refractivity contribution in [3.05, 3.63) is 57.7 Å². The van der Waals surface area contributed by atoms with E-state index in [0.29, 0.717) is 12.1 Å². The average Bonchev–Trinajstić information content (AvgIpc) is 2.33. The van der Waals surface area contributed by atoms with E-state index in [-0.39, 0.29) is 5.78 Å². The molecule has 0 spiro atoms. The molecule has 0 atom stereocenters. The summed E-state index contributed by atoms with van der Waals surface area (Å²) < 4.78 is 1.16. The third-order valence-electron chi connectivity index (χ3n) is 2.13. The van der Waals surface area contributed by atoms with Gasteiger partial charge in [-0.15, -0.1) is 0 Å². The lowest BCUT2D eigenvalue weighted by Gasteiger charge is -2.00. The lowest BCUT2D eigenvalue weighted by Crippen LogP contribution is -2.06. The lowest BCUT2D eigenvalue weighted by molar-refractivity contribution is 0.0988. The maximum absolute atomic E-state index is 11.8. The smallest absolute Gasteiger partial charge is 0.187 e. The van der Waals surface area contributed by atoms with Crippen LogP contribution in [0, 0.1) is 3.57 Å². The number of hydrogen-bond donors (Lipinski definition) is 0. The number of carbonyl (C=O) groups is 1. The van der Waals surface area contributed by atoms with Gasteiger partial charge in [0.25, 0.3) is 0 Å². The van der Waals surface area contributed by atoms with E-state index < -0.39 is 0 Å². The summed E-state index contributed by atoms with van der Waals surface area (Å²) in [5.74, 6) is -0.00527. The van der Waals surface area contributed by atoms with Crippen LogP contribution in [-0.2, 0) is 6.42 Å². The molecule has 2 aromatic rings. The highest BCUT2D eigenvalue weighted by atomic mass is 127. The number of nitrogens with zero attached hydrogens (tertiary/aromatic N) is 2. The van der Waals surface area contributed by atoms with Crippen LogP contribution in [0.2, 0.25) is 0 Å². The standard InChI is InChI=1S/C12H9IN2O/c13-10-3-1-9(2-4-10)7-12(16)11-8-14-5-6-15-11/h1-6,8H,7H2. The summed E-state index contributed by atoms with van der Waals surface area (Å²) in [5, 5.41) is 0. The number of halogens is 1. The molecule has 0 aliphatic rings. The van der Waals surface area contributed by atoms with E-state index in [1.54, 1.807) is 6.20 Å². The normalized spacial score (nSPS) is 10.1. The molecule has 0 aliphatic heterocycles. The van der Waals surface area contributed by atoms with Gasteiger partial charge in [-0.3, -0.25) is 9.78 Å². The van der Waals surface area contributed by atoms with Gasteiger partial charge in [0.15, 0.2) is 5.78 Å². The molecule has 2 rings (SSSR count). The summed E-state index contributed by atoms with van der Waals surface area (Å²) >= 11 is 2.23. The van der Waals surface area contributed by atoms with Gasteiger partial charge in [-0.25, -0.2) is 4.98 Å². The number of carbonyl (C=O) groups excluding carboxylic acids is 1. The van der Waals surface area contributed by atoms with Crippen molar-refractivity contribution >= 4 is 28.4 Å². The van der Waals surface area contributed by atoms with Crippen LogP contribution in [0.5, 0.6) is 0 Å². The van der Waals surface area contributed by atoms with Crippen molar-refractivity contribution in [1.29, 1.82) is 0 Å². The monoisotopic (exact) mass is 324 g/mol. The van der Waals surface area contributed by atoms with Gasteiger partial charge < -0.3 is 0 Å². The number of hydrogen-bond acceptors (Lipinski definition) is 3. The molecule has 0 saturated carbocycles. The molecule has 16 heavy (non-hydrogen) atoms. The first-order valence-corrected chi connectivity index (χ1v) is 5.87. The quantitative estimate of drug-likeness (QED) is 0.644. The zero-order valence-electron chi connectivity index (χ0n) is 8.43. The van der Waals surface area contributed by atoms with Gasteiger partial charge in [0.1, 0.15) is 5.69 Å². The molecule has 80 valence electrons. The van der Waals surface area contributed by atoms with Crippen molar-refractivity contribution in [2.45, 2.75) is 6.42 Å². The summed E-state index contributed by atoms with van der Waals surface area (Å²) in [4.78, 5) is 19.7. The largest absolute Gasteiger partial charge is 0.292 e. The fourth-order valence-corrected chi connectivity index (χ4v) is 1.68. The maximum Gasteiger partial charge on any atom is 0.187 e. The Labute approximate surface area is 107 Å². The van der Waals surface area contributed by atoms with Gasteiger partial charge in [-0.1, -0.05) is 12.1 Å². The molecule has 1 heterocycles. The number of aromatic nitrogens is 2. The van der Waals surface area contributed by atoms with Crippen molar-refractivity contribution in [1.82, 2.24) is 9.97 Å². The van der Waals surface area contributed by atoms with Crippen LogP contribution >= 0.6 is 22.6 Å². The summed E-state index contributed by atoms with van der Waals surface area (Å²) in [7, 11) is 0. The number of benzene rings is 1. The van der Waals surface area contributed by atoms with E-state index in [1.165, 1.54) is 12.4 Å². The van der Waals surface area contributed by atoms with Crippen LogP contribution in [0.25, 0.3) is 0 Å². The predicted molar refractivity (Wildman–Crippen MR) is 69.2 cm³/mol. The zero-order valence-corrected chi connectivity index (χ0v) is 10.6. The highest BCUT2D eigenvalue weighted by Gasteiger charge is 2.07. The van der Waals surface area contributed by atoms with Crippen molar-refractivity contribution < 1.29 is 4.79 Å². The topological polar surface area (TPSA) is 42.9 Å². The SMILES string of the molecule is O=C(Cc1ccc(I)cc1)c1cnccn1. The Morgan fingerprint density at radius 2 is 1.94 bits per heavy atom. The van der Waals surface area contributed by atoms with Gasteiger partial charge >= 0.3 is 0 Å². The molecular weight excluding hydrogens is 315 g/mol. The maximum atomic E-state index is 11.8. The first-order valence-electron chi connectivity index (χ1n) is 4.79. The van der Waals surface area contributed by atoms with Gasteiger partial charge in [0, 0.05) is 22.4 Å². The number of Topliss-reactive ketones (excluding diaryl/α,β-unsaturated/α-hetero) is 1. The van der Waals surface area contributed by atoms with E-state index in [1.807, 2.05) is 24.3 Å². The first kappa shape index (κ1) is 11.2. The average molecular weight is 324 g/mol. The molecule has 0 aliphatic carbocycles. The summed E-state index contributed by atoms with van der Waals surface area (Å²) in [5.41, 5.74) is 1.41. The number of rotatable bonds is 3.